The maximum absolute atomic E-state index is 14.4. The molecule has 9 heteroatoms. The molecule has 0 bridgehead atoms. The predicted octanol–water partition coefficient (Wildman–Crippen LogP) is 3.80. The highest BCUT2D eigenvalue weighted by Crippen LogP contribution is 2.26. The summed E-state index contributed by atoms with van der Waals surface area (Å²) in [5.41, 5.74) is 7.93. The molecule has 0 saturated heterocycles. The Bertz CT molecular complexity index is 939. The Morgan fingerprint density at radius 3 is 2.71 bits per heavy atom. The zero-order chi connectivity index (χ0) is 23.0. The van der Waals surface area contributed by atoms with E-state index in [1.807, 2.05) is 6.92 Å². The van der Waals surface area contributed by atoms with Gasteiger partial charge in [-0.05, 0) is 55.7 Å². The molecule has 1 aromatic carbocycles. The van der Waals surface area contributed by atoms with Crippen molar-refractivity contribution in [3.63, 3.8) is 0 Å². The molecule has 168 valence electrons. The number of rotatable bonds is 10. The minimum atomic E-state index is -0.375. The standard InChI is InChI=1S/C22H29FN4O3S/c1-13-8-17(30-5)11-26-20(13)22(28)27-16-6-7-18(23)15(10-16)12-31-19(21(24)25-3)9-14(2)29-4/h6-8,10-11,14,19H,9,12H2,1-5H3,(H2,24,25)(H,27,28). The zero-order valence-electron chi connectivity index (χ0n) is 18.4. The fraction of sp³-hybridized carbons (Fsp3) is 0.409. The molecule has 2 atom stereocenters. The summed E-state index contributed by atoms with van der Waals surface area (Å²) in [6, 6.07) is 6.21. The lowest BCUT2D eigenvalue weighted by atomic mass is 10.1. The number of amides is 1. The van der Waals surface area contributed by atoms with Crippen molar-refractivity contribution in [2.45, 2.75) is 37.4 Å². The summed E-state index contributed by atoms with van der Waals surface area (Å²) >= 11 is 1.48. The quantitative estimate of drug-likeness (QED) is 0.424. The number of methoxy groups -OCH3 is 2. The first-order chi connectivity index (χ1) is 14.8. The molecule has 1 amide bonds. The number of halogens is 1. The van der Waals surface area contributed by atoms with Crippen molar-refractivity contribution in [1.29, 1.82) is 0 Å². The minimum absolute atomic E-state index is 0.00601. The summed E-state index contributed by atoms with van der Waals surface area (Å²) in [5.74, 6) is 0.698. The van der Waals surface area contributed by atoms with Crippen molar-refractivity contribution in [3.8, 4) is 5.75 Å². The number of aromatic nitrogens is 1. The van der Waals surface area contributed by atoms with E-state index < -0.39 is 0 Å². The van der Waals surface area contributed by atoms with Gasteiger partial charge in [0.05, 0.1) is 24.7 Å². The van der Waals surface area contributed by atoms with Crippen molar-refractivity contribution in [2.75, 3.05) is 26.6 Å². The highest BCUT2D eigenvalue weighted by Gasteiger charge is 2.19. The molecule has 0 saturated carbocycles. The molecule has 0 spiro atoms. The van der Waals surface area contributed by atoms with Crippen LogP contribution in [0.1, 0.15) is 35.0 Å². The number of nitrogens with zero attached hydrogens (tertiary/aromatic N) is 2. The summed E-state index contributed by atoms with van der Waals surface area (Å²) in [6.07, 6.45) is 2.13. The average Bonchev–Trinajstić information content (AvgIpc) is 2.77. The number of carbonyl (C=O) groups excluding carboxylic acids is 1. The van der Waals surface area contributed by atoms with Crippen LogP contribution in [0.2, 0.25) is 0 Å². The topological polar surface area (TPSA) is 98.8 Å². The van der Waals surface area contributed by atoms with E-state index in [2.05, 4.69) is 15.3 Å². The average molecular weight is 449 g/mol. The van der Waals surface area contributed by atoms with Crippen LogP contribution in [0.25, 0.3) is 0 Å². The molecule has 3 N–H and O–H groups in total. The number of ether oxygens (including phenoxy) is 2. The number of aryl methyl sites for hydroxylation is 1. The van der Waals surface area contributed by atoms with Crippen molar-refractivity contribution >= 4 is 29.2 Å². The predicted molar refractivity (Wildman–Crippen MR) is 124 cm³/mol. The van der Waals surface area contributed by atoms with Crippen LogP contribution in [0.4, 0.5) is 10.1 Å². The number of carbonyl (C=O) groups is 1. The third kappa shape index (κ3) is 6.93. The molecule has 1 heterocycles. The van der Waals surface area contributed by atoms with Crippen LogP contribution < -0.4 is 15.8 Å². The summed E-state index contributed by atoms with van der Waals surface area (Å²) in [7, 11) is 4.80. The Morgan fingerprint density at radius 1 is 1.35 bits per heavy atom. The maximum Gasteiger partial charge on any atom is 0.274 e. The molecular formula is C22H29FN4O3S. The van der Waals surface area contributed by atoms with Crippen molar-refractivity contribution in [3.05, 3.63) is 53.1 Å². The van der Waals surface area contributed by atoms with Gasteiger partial charge in [0.1, 0.15) is 23.1 Å². The second-order valence-corrected chi connectivity index (χ2v) is 8.22. The summed E-state index contributed by atoms with van der Waals surface area (Å²) < 4.78 is 24.8. The SMILES string of the molecule is CN=C(N)C(CC(C)OC)SCc1cc(NC(=O)c2ncc(OC)cc2C)ccc1F. The first-order valence-electron chi connectivity index (χ1n) is 9.76. The van der Waals surface area contributed by atoms with Crippen LogP contribution in [0, 0.1) is 12.7 Å². The van der Waals surface area contributed by atoms with Crippen molar-refractivity contribution in [2.24, 2.45) is 10.7 Å². The summed E-state index contributed by atoms with van der Waals surface area (Å²) in [4.78, 5) is 20.8. The normalized spacial score (nSPS) is 13.5. The second kappa shape index (κ2) is 11.7. The van der Waals surface area contributed by atoms with E-state index in [9.17, 15) is 9.18 Å². The lowest BCUT2D eigenvalue weighted by Crippen LogP contribution is -2.30. The van der Waals surface area contributed by atoms with Crippen LogP contribution in [0.3, 0.4) is 0 Å². The Hall–Kier alpha value is -2.65. The van der Waals surface area contributed by atoms with Crippen molar-refractivity contribution < 1.29 is 18.7 Å². The van der Waals surface area contributed by atoms with Gasteiger partial charge in [-0.3, -0.25) is 9.79 Å². The largest absolute Gasteiger partial charge is 0.495 e. The number of anilines is 1. The molecule has 0 aliphatic rings. The second-order valence-electron chi connectivity index (χ2n) is 7.03. The number of amidine groups is 1. The smallest absolute Gasteiger partial charge is 0.274 e. The van der Waals surface area contributed by atoms with E-state index in [-0.39, 0.29) is 28.8 Å². The molecule has 0 radical (unpaired) electrons. The summed E-state index contributed by atoms with van der Waals surface area (Å²) in [5, 5.41) is 2.67. The van der Waals surface area contributed by atoms with E-state index in [0.717, 1.165) is 0 Å². The van der Waals surface area contributed by atoms with Crippen LogP contribution in [-0.4, -0.2) is 49.3 Å². The van der Waals surface area contributed by atoms with Crippen LogP contribution in [0.5, 0.6) is 5.75 Å². The number of hydrogen-bond donors (Lipinski definition) is 2. The Balaban J connectivity index is 2.13. The zero-order valence-corrected chi connectivity index (χ0v) is 19.3. The molecule has 0 fully saturated rings. The number of nitrogens with two attached hydrogens (primary N) is 1. The third-order valence-electron chi connectivity index (χ3n) is 4.78. The molecule has 1 aromatic heterocycles. The van der Waals surface area contributed by atoms with Crippen LogP contribution >= 0.6 is 11.8 Å². The van der Waals surface area contributed by atoms with Gasteiger partial charge in [0.15, 0.2) is 0 Å². The molecule has 2 unspecified atom stereocenters. The fourth-order valence-corrected chi connectivity index (χ4v) is 4.14. The van der Waals surface area contributed by atoms with Gasteiger partial charge < -0.3 is 20.5 Å². The molecule has 2 aromatic rings. The third-order valence-corrected chi connectivity index (χ3v) is 6.10. The van der Waals surface area contributed by atoms with Gasteiger partial charge in [-0.1, -0.05) is 0 Å². The van der Waals surface area contributed by atoms with E-state index in [4.69, 9.17) is 15.2 Å². The number of pyridine rings is 1. The highest BCUT2D eigenvalue weighted by molar-refractivity contribution is 7.99. The summed E-state index contributed by atoms with van der Waals surface area (Å²) in [6.45, 7) is 3.72. The van der Waals surface area contributed by atoms with Crippen molar-refractivity contribution in [1.82, 2.24) is 4.98 Å². The van der Waals surface area contributed by atoms with Gasteiger partial charge in [0.2, 0.25) is 0 Å². The molecular weight excluding hydrogens is 419 g/mol. The van der Waals surface area contributed by atoms with Crippen LogP contribution in [0.15, 0.2) is 35.5 Å². The first-order valence-corrected chi connectivity index (χ1v) is 10.8. The maximum atomic E-state index is 14.4. The number of hydrogen-bond acceptors (Lipinski definition) is 6. The molecule has 31 heavy (non-hydrogen) atoms. The van der Waals surface area contributed by atoms with Gasteiger partial charge in [-0.25, -0.2) is 9.37 Å². The van der Waals surface area contributed by atoms with E-state index in [1.54, 1.807) is 33.2 Å². The van der Waals surface area contributed by atoms with Crippen LogP contribution in [-0.2, 0) is 10.5 Å². The molecule has 2 rings (SSSR count). The Labute approximate surface area is 186 Å². The molecule has 0 aliphatic heterocycles. The lowest BCUT2D eigenvalue weighted by Gasteiger charge is -2.20. The highest BCUT2D eigenvalue weighted by atomic mass is 32.2. The van der Waals surface area contributed by atoms with Gasteiger partial charge >= 0.3 is 0 Å². The Morgan fingerprint density at radius 2 is 2.10 bits per heavy atom. The van der Waals surface area contributed by atoms with E-state index in [0.29, 0.717) is 40.6 Å². The minimum Gasteiger partial charge on any atom is -0.495 e. The molecule has 0 aliphatic carbocycles. The molecule has 7 nitrogen and oxygen atoms in total. The number of aliphatic imine (C=N–C) groups is 1. The van der Waals surface area contributed by atoms with E-state index >= 15 is 0 Å². The van der Waals surface area contributed by atoms with E-state index in [1.165, 1.54) is 37.2 Å². The van der Waals surface area contributed by atoms with Gasteiger partial charge in [0, 0.05) is 25.6 Å². The monoisotopic (exact) mass is 448 g/mol. The van der Waals surface area contributed by atoms with Gasteiger partial charge in [-0.2, -0.15) is 0 Å². The number of nitrogens with one attached hydrogen (secondary N) is 1. The number of benzene rings is 1. The Kier molecular flexibility index (Phi) is 9.26. The first kappa shape index (κ1) is 24.6. The van der Waals surface area contributed by atoms with Gasteiger partial charge in [-0.15, -0.1) is 11.8 Å². The van der Waals surface area contributed by atoms with Gasteiger partial charge in [0.25, 0.3) is 5.91 Å². The fourth-order valence-electron chi connectivity index (χ4n) is 2.86. The lowest BCUT2D eigenvalue weighted by molar-refractivity contribution is 0.102. The number of thioether (sulfide) groups is 1.